The molecule has 2 aromatic heterocycles. The number of amides is 3. The van der Waals surface area contributed by atoms with Gasteiger partial charge in [-0.3, -0.25) is 15.0 Å². The van der Waals surface area contributed by atoms with Crippen molar-refractivity contribution in [3.63, 3.8) is 0 Å². The van der Waals surface area contributed by atoms with Gasteiger partial charge in [0.05, 0.1) is 5.39 Å². The monoisotopic (exact) mass is 389 g/mol. The van der Waals surface area contributed by atoms with Crippen LogP contribution in [0.5, 0.6) is 0 Å². The molecule has 27 heavy (non-hydrogen) atoms. The van der Waals surface area contributed by atoms with Gasteiger partial charge in [0.1, 0.15) is 10.7 Å². The van der Waals surface area contributed by atoms with E-state index in [1.165, 1.54) is 16.0 Å². The second-order valence-corrected chi connectivity index (χ2v) is 8.05. The number of nitrogens with zero attached hydrogens (tertiary/aromatic N) is 4. The fourth-order valence-electron chi connectivity index (χ4n) is 3.79. The first-order valence-electron chi connectivity index (χ1n) is 9.36. The molecule has 2 aliphatic rings. The summed E-state index contributed by atoms with van der Waals surface area (Å²) in [4.78, 5) is 46.5. The fourth-order valence-corrected chi connectivity index (χ4v) is 4.59. The van der Waals surface area contributed by atoms with Gasteiger partial charge >= 0.3 is 6.03 Å². The van der Waals surface area contributed by atoms with Crippen LogP contribution in [0.15, 0.2) is 16.2 Å². The van der Waals surface area contributed by atoms with Crippen LogP contribution in [0.25, 0.3) is 10.2 Å². The molecule has 9 heteroatoms. The average molecular weight is 389 g/mol. The van der Waals surface area contributed by atoms with Crippen LogP contribution in [0.1, 0.15) is 31.5 Å². The Hall–Kier alpha value is -2.42. The van der Waals surface area contributed by atoms with E-state index < -0.39 is 0 Å². The first-order valence-corrected chi connectivity index (χ1v) is 10.2. The quantitative estimate of drug-likeness (QED) is 0.848. The molecule has 0 unspecified atom stereocenters. The topological polar surface area (TPSA) is 87.5 Å². The number of hydrogen-bond acceptors (Lipinski definition) is 5. The van der Waals surface area contributed by atoms with Crippen LogP contribution in [0.4, 0.5) is 4.79 Å². The second kappa shape index (κ2) is 7.30. The third-order valence-electron chi connectivity index (χ3n) is 5.40. The van der Waals surface area contributed by atoms with Gasteiger partial charge in [-0.25, -0.2) is 14.5 Å². The normalized spacial score (nSPS) is 18.3. The van der Waals surface area contributed by atoms with Crippen molar-refractivity contribution in [2.45, 2.75) is 32.6 Å². The van der Waals surface area contributed by atoms with Crippen LogP contribution in [-0.2, 0) is 4.79 Å². The molecule has 2 fully saturated rings. The Morgan fingerprint density at radius 3 is 2.52 bits per heavy atom. The lowest BCUT2D eigenvalue weighted by Crippen LogP contribution is -2.48. The summed E-state index contributed by atoms with van der Waals surface area (Å²) in [6.07, 6.45) is 3.35. The molecule has 2 saturated heterocycles. The van der Waals surface area contributed by atoms with Crippen LogP contribution in [-0.4, -0.2) is 57.6 Å². The Bertz CT molecular complexity index is 923. The number of fused-ring (bicyclic) bond motifs is 1. The maximum Gasteiger partial charge on any atom is 0.319 e. The number of aromatic nitrogens is 2. The van der Waals surface area contributed by atoms with E-state index in [1.807, 2.05) is 15.2 Å². The zero-order valence-corrected chi connectivity index (χ0v) is 16.1. The molecule has 144 valence electrons. The summed E-state index contributed by atoms with van der Waals surface area (Å²) in [6.45, 7) is 4.52. The SMILES string of the molecule is Cc1nc2sccc2c(=O)n1NC(=O)C1CCN(C(=O)N2CCCC2)CC1. The van der Waals surface area contributed by atoms with Crippen LogP contribution >= 0.6 is 11.3 Å². The number of aryl methyl sites for hydroxylation is 1. The molecule has 4 heterocycles. The largest absolute Gasteiger partial charge is 0.325 e. The summed E-state index contributed by atoms with van der Waals surface area (Å²) in [5, 5.41) is 2.33. The maximum atomic E-state index is 12.7. The summed E-state index contributed by atoms with van der Waals surface area (Å²) in [6, 6.07) is 1.81. The van der Waals surface area contributed by atoms with Gasteiger partial charge in [-0.05, 0) is 44.1 Å². The Morgan fingerprint density at radius 1 is 1.15 bits per heavy atom. The van der Waals surface area contributed by atoms with Crippen molar-refractivity contribution in [1.29, 1.82) is 0 Å². The predicted molar refractivity (Wildman–Crippen MR) is 103 cm³/mol. The molecule has 1 N–H and O–H groups in total. The van der Waals surface area contributed by atoms with Crippen LogP contribution in [0.3, 0.4) is 0 Å². The van der Waals surface area contributed by atoms with Crippen LogP contribution < -0.4 is 11.0 Å². The standard InChI is InChI=1S/C18H23N5O3S/c1-12-19-16-14(6-11-27-16)17(25)23(12)20-15(24)13-4-9-22(10-5-13)18(26)21-7-2-3-8-21/h6,11,13H,2-5,7-10H2,1H3,(H,20,24). The number of rotatable bonds is 2. The van der Waals surface area contributed by atoms with Gasteiger partial charge in [-0.2, -0.15) is 0 Å². The molecule has 2 aliphatic heterocycles. The van der Waals surface area contributed by atoms with Crippen molar-refractivity contribution in [2.24, 2.45) is 5.92 Å². The number of nitrogens with one attached hydrogen (secondary N) is 1. The van der Waals surface area contributed by atoms with Crippen molar-refractivity contribution in [3.05, 3.63) is 27.6 Å². The minimum absolute atomic E-state index is 0.0885. The van der Waals surface area contributed by atoms with Crippen molar-refractivity contribution >= 4 is 33.5 Å². The number of likely N-dealkylation sites (tertiary alicyclic amines) is 2. The molecule has 3 amide bonds. The van der Waals surface area contributed by atoms with Crippen LogP contribution in [0.2, 0.25) is 0 Å². The zero-order valence-electron chi connectivity index (χ0n) is 15.3. The second-order valence-electron chi connectivity index (χ2n) is 7.15. The molecule has 0 spiro atoms. The van der Waals surface area contributed by atoms with Crippen LogP contribution in [0, 0.1) is 12.8 Å². The molecule has 0 aromatic carbocycles. The number of hydrogen-bond donors (Lipinski definition) is 1. The van der Waals surface area contributed by atoms with E-state index in [2.05, 4.69) is 10.4 Å². The molecule has 2 aromatic rings. The molecule has 4 rings (SSSR count). The van der Waals surface area contributed by atoms with Gasteiger partial charge in [0, 0.05) is 32.1 Å². The highest BCUT2D eigenvalue weighted by molar-refractivity contribution is 7.16. The first kappa shape index (κ1) is 18.0. The van der Waals surface area contributed by atoms with E-state index in [1.54, 1.807) is 13.0 Å². The van der Waals surface area contributed by atoms with E-state index >= 15 is 0 Å². The molecule has 0 radical (unpaired) electrons. The predicted octanol–water partition coefficient (Wildman–Crippen LogP) is 1.76. The molecular weight excluding hydrogens is 366 g/mol. The lowest BCUT2D eigenvalue weighted by Gasteiger charge is -2.34. The number of carbonyl (C=O) groups excluding carboxylic acids is 2. The van der Waals surface area contributed by atoms with E-state index in [4.69, 9.17) is 0 Å². The van der Waals surface area contributed by atoms with E-state index in [0.717, 1.165) is 25.9 Å². The Kier molecular flexibility index (Phi) is 4.86. The number of thiophene rings is 1. The molecule has 0 atom stereocenters. The number of piperidine rings is 1. The average Bonchev–Trinajstić information content (AvgIpc) is 3.36. The minimum atomic E-state index is -0.256. The highest BCUT2D eigenvalue weighted by Gasteiger charge is 2.30. The van der Waals surface area contributed by atoms with Crippen molar-refractivity contribution in [3.8, 4) is 0 Å². The summed E-state index contributed by atoms with van der Waals surface area (Å²) >= 11 is 1.41. The number of urea groups is 1. The number of carbonyl (C=O) groups is 2. The van der Waals surface area contributed by atoms with Crippen molar-refractivity contribution in [1.82, 2.24) is 19.5 Å². The lowest BCUT2D eigenvalue weighted by molar-refractivity contribution is -0.122. The molecule has 0 aliphatic carbocycles. The first-order chi connectivity index (χ1) is 13.0. The van der Waals surface area contributed by atoms with Crippen molar-refractivity contribution in [2.75, 3.05) is 31.6 Å². The Morgan fingerprint density at radius 2 is 1.81 bits per heavy atom. The van der Waals surface area contributed by atoms with Gasteiger partial charge in [0.25, 0.3) is 5.56 Å². The third-order valence-corrected chi connectivity index (χ3v) is 6.21. The molecular formula is C18H23N5O3S. The van der Waals surface area contributed by atoms with Gasteiger partial charge in [-0.15, -0.1) is 11.3 Å². The van der Waals surface area contributed by atoms with E-state index in [9.17, 15) is 14.4 Å². The smallest absolute Gasteiger partial charge is 0.319 e. The van der Waals surface area contributed by atoms with Gasteiger partial charge in [0.2, 0.25) is 5.91 Å². The fraction of sp³-hybridized carbons (Fsp3) is 0.556. The van der Waals surface area contributed by atoms with Crippen molar-refractivity contribution < 1.29 is 9.59 Å². The lowest BCUT2D eigenvalue weighted by atomic mass is 9.96. The minimum Gasteiger partial charge on any atom is -0.325 e. The summed E-state index contributed by atoms with van der Waals surface area (Å²) in [7, 11) is 0. The molecule has 0 bridgehead atoms. The Labute approximate surface area is 160 Å². The van der Waals surface area contributed by atoms with Gasteiger partial charge in [-0.1, -0.05) is 0 Å². The summed E-state index contributed by atoms with van der Waals surface area (Å²) in [5.74, 6) is 0.0619. The zero-order chi connectivity index (χ0) is 19.0. The molecule has 0 saturated carbocycles. The summed E-state index contributed by atoms with van der Waals surface area (Å²) in [5.41, 5.74) is 2.47. The maximum absolute atomic E-state index is 12.7. The third kappa shape index (κ3) is 3.43. The highest BCUT2D eigenvalue weighted by Crippen LogP contribution is 2.21. The highest BCUT2D eigenvalue weighted by atomic mass is 32.1. The Balaban J connectivity index is 1.40. The van der Waals surface area contributed by atoms with E-state index in [-0.39, 0.29) is 23.4 Å². The van der Waals surface area contributed by atoms with Gasteiger partial charge < -0.3 is 9.80 Å². The molecule has 8 nitrogen and oxygen atoms in total. The van der Waals surface area contributed by atoms with E-state index in [0.29, 0.717) is 42.0 Å². The summed E-state index contributed by atoms with van der Waals surface area (Å²) < 4.78 is 1.24. The van der Waals surface area contributed by atoms with Gasteiger partial charge in [0.15, 0.2) is 0 Å².